The van der Waals surface area contributed by atoms with Crippen LogP contribution in [0.2, 0.25) is 0 Å². The molecular formula is C12H22N2O2. The molecule has 2 unspecified atom stereocenters. The van der Waals surface area contributed by atoms with Gasteiger partial charge in [0, 0.05) is 12.5 Å². The van der Waals surface area contributed by atoms with E-state index >= 15 is 0 Å². The van der Waals surface area contributed by atoms with Crippen molar-refractivity contribution in [3.05, 3.63) is 0 Å². The third kappa shape index (κ3) is 2.09. The minimum absolute atomic E-state index is 0.268. The van der Waals surface area contributed by atoms with Crippen LogP contribution in [0.3, 0.4) is 0 Å². The predicted molar refractivity (Wildman–Crippen MR) is 62.4 cm³/mol. The quantitative estimate of drug-likeness (QED) is 0.735. The smallest absolute Gasteiger partial charge is 0.324 e. The third-order valence-corrected chi connectivity index (χ3v) is 4.14. The van der Waals surface area contributed by atoms with Gasteiger partial charge in [-0.05, 0) is 52.2 Å². The second-order valence-corrected chi connectivity index (χ2v) is 5.26. The van der Waals surface area contributed by atoms with Crippen molar-refractivity contribution in [1.29, 1.82) is 0 Å². The molecule has 0 amide bonds. The molecule has 0 aromatic carbocycles. The Morgan fingerprint density at radius 1 is 1.44 bits per heavy atom. The second kappa shape index (κ2) is 4.72. The number of hydrogen-bond donors (Lipinski definition) is 2. The standard InChI is InChI=1S/C12H22N2O2/c1-14-8-4-5-10(9-14)12(11(15)16)6-2-3-7-13-12/h10,13H,2-9H2,1H3,(H,15,16). The molecule has 0 radical (unpaired) electrons. The predicted octanol–water partition coefficient (Wildman–Crippen LogP) is 0.925. The summed E-state index contributed by atoms with van der Waals surface area (Å²) in [6.07, 6.45) is 5.11. The van der Waals surface area contributed by atoms with Gasteiger partial charge in [0.2, 0.25) is 0 Å². The number of carboxylic acids is 1. The normalized spacial score (nSPS) is 37.2. The molecule has 2 aliphatic heterocycles. The van der Waals surface area contributed by atoms with Gasteiger partial charge in [-0.25, -0.2) is 0 Å². The fourth-order valence-electron chi connectivity index (χ4n) is 3.20. The molecule has 2 rings (SSSR count). The average molecular weight is 226 g/mol. The van der Waals surface area contributed by atoms with Gasteiger partial charge in [0.1, 0.15) is 5.54 Å². The minimum atomic E-state index is -0.646. The van der Waals surface area contributed by atoms with Gasteiger partial charge in [-0.1, -0.05) is 0 Å². The van der Waals surface area contributed by atoms with Crippen LogP contribution in [0.15, 0.2) is 0 Å². The number of nitrogens with zero attached hydrogens (tertiary/aromatic N) is 1. The maximum absolute atomic E-state index is 11.6. The Bertz CT molecular complexity index is 262. The first-order valence-electron chi connectivity index (χ1n) is 6.32. The van der Waals surface area contributed by atoms with E-state index in [1.54, 1.807) is 0 Å². The van der Waals surface area contributed by atoms with Crippen LogP contribution in [0.25, 0.3) is 0 Å². The Morgan fingerprint density at radius 2 is 2.25 bits per heavy atom. The van der Waals surface area contributed by atoms with E-state index in [1.807, 2.05) is 0 Å². The second-order valence-electron chi connectivity index (χ2n) is 5.26. The van der Waals surface area contributed by atoms with Crippen LogP contribution in [0.5, 0.6) is 0 Å². The number of rotatable bonds is 2. The van der Waals surface area contributed by atoms with Crippen LogP contribution in [-0.2, 0) is 4.79 Å². The fourth-order valence-corrected chi connectivity index (χ4v) is 3.20. The lowest BCUT2D eigenvalue weighted by Gasteiger charge is -2.44. The Hall–Kier alpha value is -0.610. The van der Waals surface area contributed by atoms with Crippen LogP contribution >= 0.6 is 0 Å². The first-order chi connectivity index (χ1) is 7.65. The van der Waals surface area contributed by atoms with E-state index < -0.39 is 11.5 Å². The largest absolute Gasteiger partial charge is 0.480 e. The van der Waals surface area contributed by atoms with Crippen molar-refractivity contribution in [2.75, 3.05) is 26.7 Å². The highest BCUT2D eigenvalue weighted by molar-refractivity contribution is 5.79. The van der Waals surface area contributed by atoms with Crippen molar-refractivity contribution in [3.63, 3.8) is 0 Å². The Balaban J connectivity index is 2.14. The molecule has 2 saturated heterocycles. The van der Waals surface area contributed by atoms with Crippen molar-refractivity contribution < 1.29 is 9.90 Å². The molecule has 2 N–H and O–H groups in total. The Labute approximate surface area is 97.0 Å². The fraction of sp³-hybridized carbons (Fsp3) is 0.917. The van der Waals surface area contributed by atoms with Crippen molar-refractivity contribution in [1.82, 2.24) is 10.2 Å². The van der Waals surface area contributed by atoms with Gasteiger partial charge in [-0.15, -0.1) is 0 Å². The van der Waals surface area contributed by atoms with Crippen LogP contribution in [-0.4, -0.2) is 48.2 Å². The van der Waals surface area contributed by atoms with Gasteiger partial charge in [-0.2, -0.15) is 0 Å². The van der Waals surface area contributed by atoms with Crippen molar-refractivity contribution in [2.45, 2.75) is 37.6 Å². The van der Waals surface area contributed by atoms with Crippen molar-refractivity contribution in [2.24, 2.45) is 5.92 Å². The van der Waals surface area contributed by atoms with E-state index in [0.717, 1.165) is 51.7 Å². The SMILES string of the molecule is CN1CCCC(C2(C(=O)O)CCCCN2)C1. The molecule has 2 fully saturated rings. The lowest BCUT2D eigenvalue weighted by Crippen LogP contribution is -2.62. The number of likely N-dealkylation sites (tertiary alicyclic amines) is 1. The first-order valence-corrected chi connectivity index (χ1v) is 6.32. The topological polar surface area (TPSA) is 52.6 Å². The Morgan fingerprint density at radius 3 is 2.81 bits per heavy atom. The molecule has 0 aliphatic carbocycles. The van der Waals surface area contributed by atoms with Gasteiger partial charge in [0.25, 0.3) is 0 Å². The van der Waals surface area contributed by atoms with Crippen LogP contribution in [0.1, 0.15) is 32.1 Å². The number of hydrogen-bond acceptors (Lipinski definition) is 3. The summed E-state index contributed by atoms with van der Waals surface area (Å²) < 4.78 is 0. The maximum atomic E-state index is 11.6. The molecule has 2 atom stereocenters. The molecule has 0 spiro atoms. The van der Waals surface area contributed by atoms with E-state index in [0.29, 0.717) is 0 Å². The summed E-state index contributed by atoms with van der Waals surface area (Å²) in [6.45, 7) is 2.87. The molecule has 2 heterocycles. The van der Waals surface area contributed by atoms with E-state index in [2.05, 4.69) is 17.3 Å². The summed E-state index contributed by atoms with van der Waals surface area (Å²) in [5, 5.41) is 12.8. The van der Waals surface area contributed by atoms with E-state index in [1.165, 1.54) is 0 Å². The highest BCUT2D eigenvalue weighted by atomic mass is 16.4. The van der Waals surface area contributed by atoms with Gasteiger partial charge < -0.3 is 15.3 Å². The molecule has 0 saturated carbocycles. The van der Waals surface area contributed by atoms with E-state index in [9.17, 15) is 9.90 Å². The summed E-state index contributed by atoms with van der Waals surface area (Å²) in [7, 11) is 2.09. The molecule has 92 valence electrons. The summed E-state index contributed by atoms with van der Waals surface area (Å²) >= 11 is 0. The highest BCUT2D eigenvalue weighted by Gasteiger charge is 2.47. The number of carbonyl (C=O) groups is 1. The summed E-state index contributed by atoms with van der Waals surface area (Å²) in [6, 6.07) is 0. The zero-order chi connectivity index (χ0) is 11.6. The van der Waals surface area contributed by atoms with E-state index in [4.69, 9.17) is 0 Å². The zero-order valence-corrected chi connectivity index (χ0v) is 10.0. The number of carboxylic acid groups (broad SMARTS) is 1. The maximum Gasteiger partial charge on any atom is 0.324 e. The monoisotopic (exact) mass is 226 g/mol. The van der Waals surface area contributed by atoms with Crippen LogP contribution in [0, 0.1) is 5.92 Å². The third-order valence-electron chi connectivity index (χ3n) is 4.14. The lowest BCUT2D eigenvalue weighted by atomic mass is 9.74. The highest BCUT2D eigenvalue weighted by Crippen LogP contribution is 2.33. The first kappa shape index (κ1) is 11.9. The molecule has 0 bridgehead atoms. The van der Waals surface area contributed by atoms with E-state index in [-0.39, 0.29) is 5.92 Å². The van der Waals surface area contributed by atoms with Crippen molar-refractivity contribution >= 4 is 5.97 Å². The molecule has 0 aromatic rings. The summed E-state index contributed by atoms with van der Waals surface area (Å²) in [5.74, 6) is -0.378. The Kier molecular flexibility index (Phi) is 3.50. The number of aliphatic carboxylic acids is 1. The number of nitrogens with one attached hydrogen (secondary N) is 1. The molecular weight excluding hydrogens is 204 g/mol. The van der Waals surface area contributed by atoms with Crippen molar-refractivity contribution in [3.8, 4) is 0 Å². The zero-order valence-electron chi connectivity index (χ0n) is 10.0. The van der Waals surface area contributed by atoms with Crippen LogP contribution in [0.4, 0.5) is 0 Å². The van der Waals surface area contributed by atoms with Gasteiger partial charge in [-0.3, -0.25) is 4.79 Å². The summed E-state index contributed by atoms with van der Waals surface area (Å²) in [5.41, 5.74) is -0.646. The molecule has 0 aromatic heterocycles. The number of piperidine rings is 2. The van der Waals surface area contributed by atoms with Crippen LogP contribution < -0.4 is 5.32 Å². The summed E-state index contributed by atoms with van der Waals surface area (Å²) in [4.78, 5) is 13.9. The average Bonchev–Trinajstić information content (AvgIpc) is 2.30. The molecule has 4 heteroatoms. The molecule has 2 aliphatic rings. The van der Waals surface area contributed by atoms with Gasteiger partial charge in [0.05, 0.1) is 0 Å². The van der Waals surface area contributed by atoms with Gasteiger partial charge in [0.15, 0.2) is 0 Å². The molecule has 4 nitrogen and oxygen atoms in total. The lowest BCUT2D eigenvalue weighted by molar-refractivity contribution is -0.150. The minimum Gasteiger partial charge on any atom is -0.480 e. The van der Waals surface area contributed by atoms with Gasteiger partial charge >= 0.3 is 5.97 Å². The molecule has 16 heavy (non-hydrogen) atoms.